The van der Waals surface area contributed by atoms with Gasteiger partial charge in [-0.3, -0.25) is 4.79 Å². The van der Waals surface area contributed by atoms with Crippen LogP contribution in [0.5, 0.6) is 0 Å². The molecule has 0 fully saturated rings. The third-order valence-corrected chi connectivity index (χ3v) is 3.17. The summed E-state index contributed by atoms with van der Waals surface area (Å²) in [5.41, 5.74) is 0. The zero-order valence-electron chi connectivity index (χ0n) is 9.86. The largest absolute Gasteiger partial charge is 0.355 e. The van der Waals surface area contributed by atoms with E-state index in [-0.39, 0.29) is 5.91 Å². The summed E-state index contributed by atoms with van der Waals surface area (Å²) in [5, 5.41) is 2.90. The van der Waals surface area contributed by atoms with Gasteiger partial charge >= 0.3 is 0 Å². The summed E-state index contributed by atoms with van der Waals surface area (Å²) in [6, 6.07) is 0. The third kappa shape index (κ3) is 12.1. The molecular formula is C12H24INO. The van der Waals surface area contributed by atoms with Gasteiger partial charge in [0.15, 0.2) is 0 Å². The van der Waals surface area contributed by atoms with Gasteiger partial charge < -0.3 is 5.32 Å². The van der Waals surface area contributed by atoms with Crippen molar-refractivity contribution in [3.63, 3.8) is 0 Å². The predicted octanol–water partition coefficient (Wildman–Crippen LogP) is 3.68. The van der Waals surface area contributed by atoms with Gasteiger partial charge in [-0.1, -0.05) is 74.5 Å². The van der Waals surface area contributed by atoms with Gasteiger partial charge in [-0.2, -0.15) is 0 Å². The van der Waals surface area contributed by atoms with Crippen LogP contribution in [0, 0.1) is 0 Å². The summed E-state index contributed by atoms with van der Waals surface area (Å²) < 4.78 is 0.578. The number of carbonyl (C=O) groups is 1. The Morgan fingerprint density at radius 2 is 1.53 bits per heavy atom. The van der Waals surface area contributed by atoms with E-state index in [1.807, 2.05) is 0 Å². The Morgan fingerprint density at radius 3 is 2.07 bits per heavy atom. The summed E-state index contributed by atoms with van der Waals surface area (Å²) >= 11 is 2.09. The van der Waals surface area contributed by atoms with E-state index in [2.05, 4.69) is 34.8 Å². The smallest absolute Gasteiger partial charge is 0.229 e. The van der Waals surface area contributed by atoms with Gasteiger partial charge in [0.1, 0.15) is 0 Å². The molecule has 0 aliphatic rings. The van der Waals surface area contributed by atoms with Crippen LogP contribution in [-0.2, 0) is 4.79 Å². The molecule has 2 nitrogen and oxygen atoms in total. The van der Waals surface area contributed by atoms with E-state index in [1.54, 1.807) is 0 Å². The lowest BCUT2D eigenvalue weighted by Gasteiger charge is -2.03. The Morgan fingerprint density at radius 1 is 1.00 bits per heavy atom. The van der Waals surface area contributed by atoms with Crippen LogP contribution in [-0.4, -0.2) is 16.9 Å². The maximum Gasteiger partial charge on any atom is 0.229 e. The zero-order valence-corrected chi connectivity index (χ0v) is 12.0. The highest BCUT2D eigenvalue weighted by molar-refractivity contribution is 14.1. The molecule has 90 valence electrons. The molecule has 0 aromatic carbocycles. The van der Waals surface area contributed by atoms with E-state index in [1.165, 1.54) is 44.9 Å². The molecule has 3 heteroatoms. The standard InChI is InChI=1S/C12H24INO/c1-2-3-4-5-6-7-8-9-10-14-12(15)11-13/h2-11H2,1H3,(H,14,15). The Kier molecular flexibility index (Phi) is 12.4. The molecule has 0 saturated carbocycles. The number of nitrogens with one attached hydrogen (secondary N) is 1. The summed E-state index contributed by atoms with van der Waals surface area (Å²) in [4.78, 5) is 10.9. The number of rotatable bonds is 10. The molecule has 0 unspecified atom stereocenters. The molecule has 0 atom stereocenters. The topological polar surface area (TPSA) is 29.1 Å². The minimum atomic E-state index is 0.165. The first kappa shape index (κ1) is 15.2. The lowest BCUT2D eigenvalue weighted by molar-refractivity contribution is -0.118. The Labute approximate surface area is 108 Å². The highest BCUT2D eigenvalue weighted by atomic mass is 127. The van der Waals surface area contributed by atoms with E-state index in [0.29, 0.717) is 4.43 Å². The fraction of sp³-hybridized carbons (Fsp3) is 0.917. The van der Waals surface area contributed by atoms with Crippen molar-refractivity contribution < 1.29 is 4.79 Å². The Balaban J connectivity index is 2.95. The molecule has 0 saturated heterocycles. The summed E-state index contributed by atoms with van der Waals surface area (Å²) in [6.07, 6.45) is 10.6. The Hall–Kier alpha value is 0.200. The van der Waals surface area contributed by atoms with Gasteiger partial charge in [-0.25, -0.2) is 0 Å². The molecular weight excluding hydrogens is 301 g/mol. The molecule has 0 aliphatic carbocycles. The molecule has 0 aromatic rings. The fourth-order valence-corrected chi connectivity index (χ4v) is 1.80. The number of unbranched alkanes of at least 4 members (excludes halogenated alkanes) is 7. The second-order valence-electron chi connectivity index (χ2n) is 3.96. The van der Waals surface area contributed by atoms with Gasteiger partial charge in [0, 0.05) is 6.54 Å². The molecule has 0 rings (SSSR count). The molecule has 15 heavy (non-hydrogen) atoms. The number of amides is 1. The van der Waals surface area contributed by atoms with Gasteiger partial charge in [0.25, 0.3) is 0 Å². The van der Waals surface area contributed by atoms with Crippen molar-refractivity contribution >= 4 is 28.5 Å². The quantitative estimate of drug-likeness (QED) is 0.371. The highest BCUT2D eigenvalue weighted by Crippen LogP contribution is 2.07. The third-order valence-electron chi connectivity index (χ3n) is 2.47. The van der Waals surface area contributed by atoms with Gasteiger partial charge in [0.05, 0.1) is 4.43 Å². The molecule has 0 spiro atoms. The van der Waals surface area contributed by atoms with Crippen LogP contribution in [0.1, 0.15) is 58.3 Å². The minimum absolute atomic E-state index is 0.165. The van der Waals surface area contributed by atoms with Crippen LogP contribution in [0.15, 0.2) is 0 Å². The number of hydrogen-bond acceptors (Lipinski definition) is 1. The van der Waals surface area contributed by atoms with Gasteiger partial charge in [-0.05, 0) is 6.42 Å². The summed E-state index contributed by atoms with van der Waals surface area (Å²) in [7, 11) is 0. The predicted molar refractivity (Wildman–Crippen MR) is 74.5 cm³/mol. The number of halogens is 1. The number of alkyl halides is 1. The van der Waals surface area contributed by atoms with Crippen LogP contribution in [0.3, 0.4) is 0 Å². The number of carbonyl (C=O) groups excluding carboxylic acids is 1. The lowest BCUT2D eigenvalue weighted by Crippen LogP contribution is -2.25. The SMILES string of the molecule is CCCCCCCCCCNC(=O)CI. The Bertz CT molecular complexity index is 151. The van der Waals surface area contributed by atoms with Crippen molar-refractivity contribution in [2.75, 3.05) is 11.0 Å². The first-order chi connectivity index (χ1) is 7.31. The monoisotopic (exact) mass is 325 g/mol. The second-order valence-corrected chi connectivity index (χ2v) is 4.72. The van der Waals surface area contributed by atoms with E-state index < -0.39 is 0 Å². The highest BCUT2D eigenvalue weighted by Gasteiger charge is 1.95. The molecule has 0 aromatic heterocycles. The van der Waals surface area contributed by atoms with E-state index in [4.69, 9.17) is 0 Å². The molecule has 0 radical (unpaired) electrons. The molecule has 1 N–H and O–H groups in total. The normalized spacial score (nSPS) is 10.3. The summed E-state index contributed by atoms with van der Waals surface area (Å²) in [5.74, 6) is 0.165. The number of hydrogen-bond donors (Lipinski definition) is 1. The maximum absolute atomic E-state index is 10.9. The van der Waals surface area contributed by atoms with Crippen molar-refractivity contribution in [3.05, 3.63) is 0 Å². The average Bonchev–Trinajstić information content (AvgIpc) is 2.26. The molecule has 0 bridgehead atoms. The first-order valence-electron chi connectivity index (χ1n) is 6.14. The average molecular weight is 325 g/mol. The van der Waals surface area contributed by atoms with Crippen molar-refractivity contribution in [3.8, 4) is 0 Å². The van der Waals surface area contributed by atoms with E-state index in [9.17, 15) is 4.79 Å². The van der Waals surface area contributed by atoms with Crippen molar-refractivity contribution in [1.82, 2.24) is 5.32 Å². The van der Waals surface area contributed by atoms with E-state index in [0.717, 1.165) is 13.0 Å². The van der Waals surface area contributed by atoms with E-state index >= 15 is 0 Å². The van der Waals surface area contributed by atoms with Gasteiger partial charge in [-0.15, -0.1) is 0 Å². The second kappa shape index (κ2) is 12.3. The van der Waals surface area contributed by atoms with Crippen LogP contribution < -0.4 is 5.32 Å². The summed E-state index contributed by atoms with van der Waals surface area (Å²) in [6.45, 7) is 3.10. The zero-order chi connectivity index (χ0) is 11.4. The van der Waals surface area contributed by atoms with Crippen molar-refractivity contribution in [2.24, 2.45) is 0 Å². The van der Waals surface area contributed by atoms with Crippen LogP contribution >= 0.6 is 22.6 Å². The van der Waals surface area contributed by atoms with Crippen molar-refractivity contribution in [1.29, 1.82) is 0 Å². The molecule has 0 aliphatic heterocycles. The minimum Gasteiger partial charge on any atom is -0.355 e. The fourth-order valence-electron chi connectivity index (χ4n) is 1.53. The van der Waals surface area contributed by atoms with Crippen LogP contribution in [0.4, 0.5) is 0 Å². The molecule has 0 heterocycles. The van der Waals surface area contributed by atoms with Gasteiger partial charge in [0.2, 0.25) is 5.91 Å². The van der Waals surface area contributed by atoms with Crippen LogP contribution in [0.2, 0.25) is 0 Å². The maximum atomic E-state index is 10.9. The van der Waals surface area contributed by atoms with Crippen LogP contribution in [0.25, 0.3) is 0 Å². The lowest BCUT2D eigenvalue weighted by atomic mass is 10.1. The molecule has 1 amide bonds. The van der Waals surface area contributed by atoms with Crippen molar-refractivity contribution in [2.45, 2.75) is 58.3 Å². The first-order valence-corrected chi connectivity index (χ1v) is 7.66.